The number of hydrogen-bond acceptors (Lipinski definition) is 3. The van der Waals surface area contributed by atoms with Crippen molar-refractivity contribution in [1.29, 1.82) is 0 Å². The zero-order valence-corrected chi connectivity index (χ0v) is 11.9. The molecule has 0 fully saturated rings. The summed E-state index contributed by atoms with van der Waals surface area (Å²) >= 11 is 0. The van der Waals surface area contributed by atoms with Gasteiger partial charge in [0.05, 0.1) is 6.42 Å². The number of anilines is 1. The quantitative estimate of drug-likeness (QED) is 0.832. The predicted molar refractivity (Wildman–Crippen MR) is 78.4 cm³/mol. The third-order valence-corrected chi connectivity index (χ3v) is 3.74. The van der Waals surface area contributed by atoms with Crippen LogP contribution < -0.4 is 10.6 Å². The molecule has 1 aliphatic heterocycles. The van der Waals surface area contributed by atoms with Crippen LogP contribution in [0.3, 0.4) is 0 Å². The second-order valence-electron chi connectivity index (χ2n) is 5.29. The first-order valence-corrected chi connectivity index (χ1v) is 6.89. The normalized spacial score (nSPS) is 14.3. The van der Waals surface area contributed by atoms with Crippen molar-refractivity contribution in [3.8, 4) is 0 Å². The Hall–Kier alpha value is -1.39. The third kappa shape index (κ3) is 3.33. The van der Waals surface area contributed by atoms with E-state index >= 15 is 0 Å². The van der Waals surface area contributed by atoms with Gasteiger partial charge in [-0.05, 0) is 43.6 Å². The Morgan fingerprint density at radius 2 is 2.16 bits per heavy atom. The Labute approximate surface area is 115 Å². The van der Waals surface area contributed by atoms with E-state index in [1.54, 1.807) is 4.90 Å². The molecule has 1 heterocycles. The number of likely N-dealkylation sites (N-methyl/N-ethyl adjacent to an activating group) is 2. The largest absolute Gasteiger partial charge is 0.329 e. The van der Waals surface area contributed by atoms with Crippen molar-refractivity contribution in [3.05, 3.63) is 29.3 Å². The maximum atomic E-state index is 11.6. The Morgan fingerprint density at radius 1 is 1.37 bits per heavy atom. The fraction of sp³-hybridized carbons (Fsp3) is 0.533. The van der Waals surface area contributed by atoms with Gasteiger partial charge in [0.25, 0.3) is 0 Å². The summed E-state index contributed by atoms with van der Waals surface area (Å²) in [7, 11) is 3.94. The Morgan fingerprint density at radius 3 is 2.89 bits per heavy atom. The van der Waals surface area contributed by atoms with Crippen molar-refractivity contribution in [2.75, 3.05) is 38.6 Å². The van der Waals surface area contributed by atoms with Crippen molar-refractivity contribution in [1.82, 2.24) is 4.90 Å². The molecule has 0 bridgehead atoms. The average Bonchev–Trinajstić information content (AvgIpc) is 2.65. The second kappa shape index (κ2) is 6.17. The van der Waals surface area contributed by atoms with Gasteiger partial charge >= 0.3 is 0 Å². The van der Waals surface area contributed by atoms with Gasteiger partial charge in [0.15, 0.2) is 0 Å². The van der Waals surface area contributed by atoms with Gasteiger partial charge in [0.2, 0.25) is 5.91 Å². The maximum Gasteiger partial charge on any atom is 0.231 e. The van der Waals surface area contributed by atoms with E-state index in [9.17, 15) is 4.79 Å². The monoisotopic (exact) mass is 261 g/mol. The number of nitrogens with two attached hydrogens (primary N) is 1. The molecule has 0 aromatic heterocycles. The van der Waals surface area contributed by atoms with E-state index in [-0.39, 0.29) is 5.91 Å². The molecule has 4 nitrogen and oxygen atoms in total. The van der Waals surface area contributed by atoms with Crippen LogP contribution in [0.5, 0.6) is 0 Å². The van der Waals surface area contributed by atoms with Crippen molar-refractivity contribution < 1.29 is 4.79 Å². The second-order valence-corrected chi connectivity index (χ2v) is 5.29. The summed E-state index contributed by atoms with van der Waals surface area (Å²) in [6.45, 7) is 2.72. The third-order valence-electron chi connectivity index (χ3n) is 3.74. The van der Waals surface area contributed by atoms with Crippen LogP contribution in [-0.4, -0.2) is 44.5 Å². The minimum absolute atomic E-state index is 0.190. The molecule has 0 saturated carbocycles. The number of hydrogen-bond donors (Lipinski definition) is 1. The van der Waals surface area contributed by atoms with Crippen molar-refractivity contribution in [2.24, 2.45) is 5.73 Å². The lowest BCUT2D eigenvalue weighted by molar-refractivity contribution is -0.117. The van der Waals surface area contributed by atoms with Gasteiger partial charge in [-0.2, -0.15) is 0 Å². The summed E-state index contributed by atoms with van der Waals surface area (Å²) in [5.74, 6) is 0.190. The molecular weight excluding hydrogens is 238 g/mol. The Bertz CT molecular complexity index is 459. The summed E-state index contributed by atoms with van der Waals surface area (Å²) in [4.78, 5) is 15.6. The molecule has 0 atom stereocenters. The lowest BCUT2D eigenvalue weighted by Gasteiger charge is -2.15. The first-order valence-electron chi connectivity index (χ1n) is 6.89. The zero-order chi connectivity index (χ0) is 13.8. The fourth-order valence-corrected chi connectivity index (χ4v) is 2.56. The Kier molecular flexibility index (Phi) is 4.56. The van der Waals surface area contributed by atoms with Crippen molar-refractivity contribution in [3.63, 3.8) is 0 Å². The number of rotatable bonds is 6. The molecule has 1 aromatic rings. The fourth-order valence-electron chi connectivity index (χ4n) is 2.56. The van der Waals surface area contributed by atoms with Gasteiger partial charge in [0, 0.05) is 25.8 Å². The molecule has 0 unspecified atom stereocenters. The first kappa shape index (κ1) is 14.0. The van der Waals surface area contributed by atoms with Crippen LogP contribution >= 0.6 is 0 Å². The number of fused-ring (bicyclic) bond motifs is 1. The van der Waals surface area contributed by atoms with E-state index in [4.69, 9.17) is 5.73 Å². The maximum absolute atomic E-state index is 11.6. The highest BCUT2D eigenvalue weighted by Gasteiger charge is 2.23. The number of nitrogens with zero attached hydrogens (tertiary/aromatic N) is 2. The molecule has 4 heteroatoms. The molecule has 2 rings (SSSR count). The van der Waals surface area contributed by atoms with Gasteiger partial charge < -0.3 is 15.5 Å². The van der Waals surface area contributed by atoms with E-state index in [0.29, 0.717) is 13.0 Å². The smallest absolute Gasteiger partial charge is 0.231 e. The summed E-state index contributed by atoms with van der Waals surface area (Å²) in [6.07, 6.45) is 2.73. The van der Waals surface area contributed by atoms with E-state index < -0.39 is 0 Å². The van der Waals surface area contributed by atoms with Gasteiger partial charge in [-0.3, -0.25) is 4.79 Å². The van der Waals surface area contributed by atoms with Gasteiger partial charge in [-0.15, -0.1) is 0 Å². The Balaban J connectivity index is 1.90. The molecule has 2 N–H and O–H groups in total. The highest BCUT2D eigenvalue weighted by Crippen LogP contribution is 2.28. The summed E-state index contributed by atoms with van der Waals surface area (Å²) in [5.41, 5.74) is 9.07. The zero-order valence-electron chi connectivity index (χ0n) is 11.9. The van der Waals surface area contributed by atoms with Crippen LogP contribution in [0, 0.1) is 0 Å². The summed E-state index contributed by atoms with van der Waals surface area (Å²) in [6, 6.07) is 6.38. The molecule has 19 heavy (non-hydrogen) atoms. The molecule has 0 spiro atoms. The van der Waals surface area contributed by atoms with Crippen molar-refractivity contribution in [2.45, 2.75) is 19.3 Å². The number of amides is 1. The van der Waals surface area contributed by atoms with Crippen LogP contribution in [0.15, 0.2) is 18.2 Å². The minimum Gasteiger partial charge on any atom is -0.329 e. The van der Waals surface area contributed by atoms with Crippen LogP contribution in [0.1, 0.15) is 17.5 Å². The van der Waals surface area contributed by atoms with Crippen molar-refractivity contribution >= 4 is 11.6 Å². The lowest BCUT2D eigenvalue weighted by atomic mass is 10.0. The lowest BCUT2D eigenvalue weighted by Crippen LogP contribution is -2.26. The molecule has 1 aliphatic rings. The minimum atomic E-state index is 0.190. The highest BCUT2D eigenvalue weighted by atomic mass is 16.2. The summed E-state index contributed by atoms with van der Waals surface area (Å²) < 4.78 is 0. The molecule has 1 aromatic carbocycles. The molecule has 104 valence electrons. The number of aryl methyl sites for hydroxylation is 1. The standard InChI is InChI=1S/C15H23N3O/c1-17(9-7-16)8-3-4-12-5-6-14-13(10-12)11-15(19)18(14)2/h5-6,10H,3-4,7-9,11,16H2,1-2H3. The number of carbonyl (C=O) groups is 1. The molecular formula is C15H23N3O. The van der Waals surface area contributed by atoms with E-state index in [0.717, 1.165) is 31.6 Å². The van der Waals surface area contributed by atoms with Gasteiger partial charge in [-0.1, -0.05) is 12.1 Å². The van der Waals surface area contributed by atoms with Crippen LogP contribution in [0.25, 0.3) is 0 Å². The predicted octanol–water partition coefficient (Wildman–Crippen LogP) is 1.03. The first-order chi connectivity index (χ1) is 9.11. The van der Waals surface area contributed by atoms with E-state index in [1.807, 2.05) is 7.05 Å². The van der Waals surface area contributed by atoms with Gasteiger partial charge in [-0.25, -0.2) is 0 Å². The molecule has 0 aliphatic carbocycles. The van der Waals surface area contributed by atoms with Crippen LogP contribution in [0.4, 0.5) is 5.69 Å². The van der Waals surface area contributed by atoms with Gasteiger partial charge in [0.1, 0.15) is 0 Å². The number of carbonyl (C=O) groups excluding carboxylic acids is 1. The van der Waals surface area contributed by atoms with Crippen LogP contribution in [0.2, 0.25) is 0 Å². The molecule has 0 saturated heterocycles. The SMILES string of the molecule is CN(CCN)CCCc1ccc2c(c1)CC(=O)N2C. The van der Waals surface area contributed by atoms with Crippen LogP contribution in [-0.2, 0) is 17.6 Å². The average molecular weight is 261 g/mol. The highest BCUT2D eigenvalue weighted by molar-refractivity contribution is 6.00. The molecule has 0 radical (unpaired) electrons. The van der Waals surface area contributed by atoms with E-state index in [1.165, 1.54) is 11.1 Å². The number of benzene rings is 1. The van der Waals surface area contributed by atoms with E-state index in [2.05, 4.69) is 30.1 Å². The molecule has 1 amide bonds. The topological polar surface area (TPSA) is 49.6 Å². The summed E-state index contributed by atoms with van der Waals surface area (Å²) in [5, 5.41) is 0.